The standard InChI is InChI=1S/C20H24N4O/c25-20(22-10-2-5-14-23-12-3-1-4-13-23)19-8-6-18(7-9-19)16-24-15-11-21-17-24/h6-9,11,15,17H,1,3-4,10,12-14,16H2,(H,22,25). The van der Waals surface area contributed by atoms with Gasteiger partial charge < -0.3 is 9.88 Å². The quantitative estimate of drug-likeness (QED) is 0.851. The number of rotatable bonds is 5. The van der Waals surface area contributed by atoms with Crippen LogP contribution in [-0.2, 0) is 6.54 Å². The van der Waals surface area contributed by atoms with Crippen molar-refractivity contribution in [2.75, 3.05) is 26.2 Å². The number of hydrogen-bond donors (Lipinski definition) is 1. The van der Waals surface area contributed by atoms with Crippen molar-refractivity contribution < 1.29 is 4.79 Å². The van der Waals surface area contributed by atoms with Gasteiger partial charge in [-0.25, -0.2) is 4.98 Å². The molecule has 0 spiro atoms. The maximum absolute atomic E-state index is 12.1. The topological polar surface area (TPSA) is 50.2 Å². The lowest BCUT2D eigenvalue weighted by Crippen LogP contribution is -2.30. The van der Waals surface area contributed by atoms with Crippen molar-refractivity contribution in [3.8, 4) is 11.8 Å². The zero-order valence-electron chi connectivity index (χ0n) is 14.4. The number of imidazole rings is 1. The molecule has 1 aliphatic heterocycles. The molecule has 1 amide bonds. The predicted molar refractivity (Wildman–Crippen MR) is 98.2 cm³/mol. The lowest BCUT2D eigenvalue weighted by molar-refractivity contribution is 0.0958. The summed E-state index contributed by atoms with van der Waals surface area (Å²) < 4.78 is 1.99. The van der Waals surface area contributed by atoms with Crippen LogP contribution in [0, 0.1) is 11.8 Å². The van der Waals surface area contributed by atoms with Gasteiger partial charge >= 0.3 is 0 Å². The van der Waals surface area contributed by atoms with E-state index in [1.807, 2.05) is 35.0 Å². The molecule has 5 heteroatoms. The number of nitrogens with one attached hydrogen (secondary N) is 1. The fraction of sp³-hybridized carbons (Fsp3) is 0.400. The lowest BCUT2D eigenvalue weighted by Gasteiger charge is -2.23. The first-order chi connectivity index (χ1) is 12.3. The molecule has 0 bridgehead atoms. The zero-order chi connectivity index (χ0) is 17.3. The van der Waals surface area contributed by atoms with Crippen molar-refractivity contribution >= 4 is 5.91 Å². The molecule has 2 heterocycles. The van der Waals surface area contributed by atoms with E-state index in [2.05, 4.69) is 27.0 Å². The number of hydrogen-bond acceptors (Lipinski definition) is 3. The van der Waals surface area contributed by atoms with Gasteiger partial charge in [0.2, 0.25) is 0 Å². The first-order valence-electron chi connectivity index (χ1n) is 8.82. The van der Waals surface area contributed by atoms with E-state index in [4.69, 9.17) is 0 Å². The van der Waals surface area contributed by atoms with E-state index < -0.39 is 0 Å². The molecule has 2 aromatic rings. The van der Waals surface area contributed by atoms with Crippen LogP contribution in [0.1, 0.15) is 35.2 Å². The summed E-state index contributed by atoms with van der Waals surface area (Å²) in [7, 11) is 0. The van der Waals surface area contributed by atoms with Gasteiger partial charge in [0.1, 0.15) is 0 Å². The summed E-state index contributed by atoms with van der Waals surface area (Å²) in [4.78, 5) is 18.5. The van der Waals surface area contributed by atoms with E-state index >= 15 is 0 Å². The van der Waals surface area contributed by atoms with Gasteiger partial charge in [-0.3, -0.25) is 9.69 Å². The summed E-state index contributed by atoms with van der Waals surface area (Å²) in [6.45, 7) is 4.24. The van der Waals surface area contributed by atoms with Crippen molar-refractivity contribution in [1.29, 1.82) is 0 Å². The molecular formula is C20H24N4O. The first-order valence-corrected chi connectivity index (χ1v) is 8.82. The van der Waals surface area contributed by atoms with Crippen LogP contribution < -0.4 is 5.32 Å². The second-order valence-corrected chi connectivity index (χ2v) is 6.30. The van der Waals surface area contributed by atoms with Crippen LogP contribution in [-0.4, -0.2) is 46.5 Å². The Labute approximate surface area is 149 Å². The SMILES string of the molecule is O=C(NCC#CCN1CCCCC1)c1ccc(Cn2ccnc2)cc1. The third-order valence-corrected chi connectivity index (χ3v) is 4.35. The molecule has 1 N–H and O–H groups in total. The van der Waals surface area contributed by atoms with Crippen LogP contribution in [0.4, 0.5) is 0 Å². The highest BCUT2D eigenvalue weighted by atomic mass is 16.1. The monoisotopic (exact) mass is 336 g/mol. The van der Waals surface area contributed by atoms with Gasteiger partial charge in [0, 0.05) is 24.5 Å². The number of benzene rings is 1. The number of carbonyl (C=O) groups is 1. The van der Waals surface area contributed by atoms with E-state index in [1.54, 1.807) is 12.5 Å². The second-order valence-electron chi connectivity index (χ2n) is 6.30. The maximum Gasteiger partial charge on any atom is 0.252 e. The Kier molecular flexibility index (Phi) is 6.24. The van der Waals surface area contributed by atoms with Gasteiger partial charge in [0.25, 0.3) is 5.91 Å². The Hall–Kier alpha value is -2.58. The summed E-state index contributed by atoms with van der Waals surface area (Å²) in [5.74, 6) is 6.11. The summed E-state index contributed by atoms with van der Waals surface area (Å²) in [5, 5.41) is 2.86. The zero-order valence-corrected chi connectivity index (χ0v) is 14.4. The summed E-state index contributed by atoms with van der Waals surface area (Å²) in [6.07, 6.45) is 9.34. The number of piperidine rings is 1. The van der Waals surface area contributed by atoms with E-state index in [0.29, 0.717) is 12.1 Å². The molecule has 130 valence electrons. The molecule has 0 atom stereocenters. The lowest BCUT2D eigenvalue weighted by atomic mass is 10.1. The molecule has 0 aliphatic carbocycles. The first kappa shape index (κ1) is 17.2. The van der Waals surface area contributed by atoms with Crippen LogP contribution in [0.5, 0.6) is 0 Å². The van der Waals surface area contributed by atoms with Crippen molar-refractivity contribution in [1.82, 2.24) is 19.8 Å². The van der Waals surface area contributed by atoms with Crippen molar-refractivity contribution in [2.24, 2.45) is 0 Å². The van der Waals surface area contributed by atoms with Crippen LogP contribution in [0.3, 0.4) is 0 Å². The predicted octanol–water partition coefficient (Wildman–Crippen LogP) is 2.15. The fourth-order valence-corrected chi connectivity index (χ4v) is 2.93. The number of carbonyl (C=O) groups excluding carboxylic acids is 1. The van der Waals surface area contributed by atoms with Crippen LogP contribution in [0.25, 0.3) is 0 Å². The molecule has 0 saturated carbocycles. The maximum atomic E-state index is 12.1. The molecule has 25 heavy (non-hydrogen) atoms. The summed E-state index contributed by atoms with van der Waals surface area (Å²) in [5.41, 5.74) is 1.79. The van der Waals surface area contributed by atoms with Crippen LogP contribution >= 0.6 is 0 Å². The summed E-state index contributed by atoms with van der Waals surface area (Å²) >= 11 is 0. The van der Waals surface area contributed by atoms with Crippen molar-refractivity contribution in [2.45, 2.75) is 25.8 Å². The van der Waals surface area contributed by atoms with Gasteiger partial charge in [0.15, 0.2) is 0 Å². The normalized spacial score (nSPS) is 14.6. The third kappa shape index (κ3) is 5.47. The van der Waals surface area contributed by atoms with E-state index in [0.717, 1.165) is 31.7 Å². The van der Waals surface area contributed by atoms with Crippen LogP contribution in [0.2, 0.25) is 0 Å². The highest BCUT2D eigenvalue weighted by Gasteiger charge is 2.07. The molecule has 0 radical (unpaired) electrons. The summed E-state index contributed by atoms with van der Waals surface area (Å²) in [6, 6.07) is 7.64. The number of aromatic nitrogens is 2. The van der Waals surface area contributed by atoms with E-state index in [9.17, 15) is 4.79 Å². The molecule has 1 aromatic carbocycles. The van der Waals surface area contributed by atoms with Crippen molar-refractivity contribution in [3.63, 3.8) is 0 Å². The molecule has 1 aromatic heterocycles. The van der Waals surface area contributed by atoms with E-state index in [1.165, 1.54) is 19.3 Å². The van der Waals surface area contributed by atoms with Crippen molar-refractivity contribution in [3.05, 3.63) is 54.1 Å². The molecule has 1 fully saturated rings. The third-order valence-electron chi connectivity index (χ3n) is 4.35. The molecule has 1 aliphatic rings. The molecular weight excluding hydrogens is 312 g/mol. The highest BCUT2D eigenvalue weighted by Crippen LogP contribution is 2.07. The van der Waals surface area contributed by atoms with Gasteiger partial charge in [-0.05, 0) is 43.6 Å². The molecule has 1 saturated heterocycles. The van der Waals surface area contributed by atoms with Gasteiger partial charge in [-0.1, -0.05) is 30.4 Å². The van der Waals surface area contributed by atoms with Gasteiger partial charge in [0.05, 0.1) is 19.4 Å². The van der Waals surface area contributed by atoms with Crippen LogP contribution in [0.15, 0.2) is 43.0 Å². The number of likely N-dealkylation sites (tertiary alicyclic amines) is 1. The minimum absolute atomic E-state index is 0.0820. The Morgan fingerprint density at radius 2 is 1.92 bits per heavy atom. The Bertz CT molecular complexity index is 719. The smallest absolute Gasteiger partial charge is 0.252 e. The number of nitrogens with zero attached hydrogens (tertiary/aromatic N) is 3. The molecule has 5 nitrogen and oxygen atoms in total. The Balaban J connectivity index is 1.42. The largest absolute Gasteiger partial charge is 0.341 e. The fourth-order valence-electron chi connectivity index (χ4n) is 2.93. The number of amides is 1. The average molecular weight is 336 g/mol. The Morgan fingerprint density at radius 3 is 2.64 bits per heavy atom. The minimum Gasteiger partial charge on any atom is -0.341 e. The van der Waals surface area contributed by atoms with Gasteiger partial charge in [-0.15, -0.1) is 0 Å². The molecule has 3 rings (SSSR count). The van der Waals surface area contributed by atoms with E-state index in [-0.39, 0.29) is 5.91 Å². The highest BCUT2D eigenvalue weighted by molar-refractivity contribution is 5.94. The average Bonchev–Trinajstić information content (AvgIpc) is 3.16. The van der Waals surface area contributed by atoms with Gasteiger partial charge in [-0.2, -0.15) is 0 Å². The second kappa shape index (κ2) is 9.05. The molecule has 0 unspecified atom stereocenters. The minimum atomic E-state index is -0.0820. The Morgan fingerprint density at radius 1 is 1.12 bits per heavy atom.